The summed E-state index contributed by atoms with van der Waals surface area (Å²) in [5.41, 5.74) is 0. The van der Waals surface area contributed by atoms with Crippen molar-refractivity contribution in [2.24, 2.45) is 0 Å². The van der Waals surface area contributed by atoms with Crippen LogP contribution in [0.1, 0.15) is 13.8 Å². The molecule has 0 bridgehead atoms. The minimum atomic E-state index is -1.26. The molecule has 0 aromatic heterocycles. The Morgan fingerprint density at radius 2 is 2.00 bits per heavy atom. The van der Waals surface area contributed by atoms with Crippen LogP contribution in [0.4, 0.5) is 0 Å². The largest absolute Gasteiger partial charge is 0.456 e. The van der Waals surface area contributed by atoms with Gasteiger partial charge >= 0.3 is 0 Å². The molecule has 1 rings (SSSR count). The molecule has 0 N–H and O–H groups in total. The van der Waals surface area contributed by atoms with Crippen LogP contribution in [0.25, 0.3) is 0 Å². The first-order valence-corrected chi connectivity index (χ1v) is 7.39. The van der Waals surface area contributed by atoms with E-state index >= 15 is 0 Å². The zero-order chi connectivity index (χ0) is 7.12. The van der Waals surface area contributed by atoms with Gasteiger partial charge in [-0.3, -0.25) is 0 Å². The van der Waals surface area contributed by atoms with E-state index in [9.17, 15) is 0 Å². The highest BCUT2D eigenvalue weighted by Gasteiger charge is 2.45. The molecule has 0 aliphatic carbocycles. The van der Waals surface area contributed by atoms with Crippen molar-refractivity contribution in [3.8, 4) is 0 Å². The smallest absolute Gasteiger partial charge is 0.215 e. The summed E-state index contributed by atoms with van der Waals surface area (Å²) in [6.45, 7) is 9.29. The molecule has 1 heterocycles. The lowest BCUT2D eigenvalue weighted by Gasteiger charge is -2.30. The Hall–Kier alpha value is 0.394. The molecule has 1 nitrogen and oxygen atoms in total. The van der Waals surface area contributed by atoms with Crippen LogP contribution in [0.2, 0.25) is 24.2 Å². The molecule has 0 amide bonds. The minimum absolute atomic E-state index is 0.519. The maximum Gasteiger partial charge on any atom is 0.215 e. The van der Waals surface area contributed by atoms with E-state index in [0.29, 0.717) is 5.04 Å². The number of rotatable bonds is 0. The third-order valence-electron chi connectivity index (χ3n) is 2.47. The van der Waals surface area contributed by atoms with E-state index in [4.69, 9.17) is 4.12 Å². The molecule has 0 aromatic rings. The van der Waals surface area contributed by atoms with Crippen molar-refractivity contribution in [1.29, 1.82) is 0 Å². The molecule has 2 radical (unpaired) electrons. The van der Waals surface area contributed by atoms with Gasteiger partial charge < -0.3 is 4.12 Å². The van der Waals surface area contributed by atoms with E-state index in [1.54, 1.807) is 0 Å². The summed E-state index contributed by atoms with van der Waals surface area (Å²) in [5.74, 6) is 0. The van der Waals surface area contributed by atoms with Crippen molar-refractivity contribution in [2.75, 3.05) is 0 Å². The summed E-state index contributed by atoms with van der Waals surface area (Å²) >= 11 is 0. The van der Waals surface area contributed by atoms with Gasteiger partial charge in [-0.2, -0.15) is 0 Å². The highest BCUT2D eigenvalue weighted by atomic mass is 28.4. The second-order valence-electron chi connectivity index (χ2n) is 3.82. The van der Waals surface area contributed by atoms with Gasteiger partial charge in [0, 0.05) is 0 Å². The lowest BCUT2D eigenvalue weighted by atomic mass is 10.2. The van der Waals surface area contributed by atoms with E-state index in [1.165, 1.54) is 6.04 Å². The van der Waals surface area contributed by atoms with Gasteiger partial charge in [0.25, 0.3) is 0 Å². The molecule has 0 unspecified atom stereocenters. The molecule has 0 spiro atoms. The number of hydrogen-bond donors (Lipinski definition) is 0. The summed E-state index contributed by atoms with van der Waals surface area (Å²) in [5, 5.41) is 0.519. The van der Waals surface area contributed by atoms with Crippen LogP contribution in [-0.4, -0.2) is 18.1 Å². The van der Waals surface area contributed by atoms with E-state index in [2.05, 4.69) is 26.9 Å². The minimum Gasteiger partial charge on any atom is -0.456 e. The molecule has 9 heavy (non-hydrogen) atoms. The normalized spacial score (nSPS) is 30.7. The summed E-state index contributed by atoms with van der Waals surface area (Å²) in [7, 11) is -0.482. The van der Waals surface area contributed by atoms with Gasteiger partial charge in [-0.15, -0.1) is 0 Å². The molecule has 1 fully saturated rings. The van der Waals surface area contributed by atoms with Crippen molar-refractivity contribution < 1.29 is 4.12 Å². The summed E-state index contributed by atoms with van der Waals surface area (Å²) in [6.07, 6.45) is 0. The Bertz CT molecular complexity index is 106. The van der Waals surface area contributed by atoms with E-state index in [-0.39, 0.29) is 0 Å². The predicted octanol–water partition coefficient (Wildman–Crippen LogP) is 2.04. The van der Waals surface area contributed by atoms with Gasteiger partial charge in [-0.25, -0.2) is 0 Å². The fourth-order valence-electron chi connectivity index (χ4n) is 0.748. The highest BCUT2D eigenvalue weighted by Crippen LogP contribution is 2.45. The molecule has 52 valence electrons. The van der Waals surface area contributed by atoms with Crippen molar-refractivity contribution >= 4 is 18.1 Å². The van der Waals surface area contributed by atoms with Gasteiger partial charge in [0.2, 0.25) is 9.76 Å². The molecule has 0 aromatic carbocycles. The summed E-state index contributed by atoms with van der Waals surface area (Å²) in [6, 6.07) is 1.28. The van der Waals surface area contributed by atoms with Crippen LogP contribution >= 0.6 is 0 Å². The van der Waals surface area contributed by atoms with Crippen LogP contribution in [-0.2, 0) is 4.12 Å². The van der Waals surface area contributed by atoms with Crippen LogP contribution in [0.15, 0.2) is 0 Å². The second-order valence-corrected chi connectivity index (χ2v) is 9.65. The van der Waals surface area contributed by atoms with Crippen LogP contribution in [0, 0.1) is 0 Å². The highest BCUT2D eigenvalue weighted by molar-refractivity contribution is 6.81. The topological polar surface area (TPSA) is 9.23 Å². The maximum atomic E-state index is 5.72. The average molecular weight is 158 g/mol. The first kappa shape index (κ1) is 7.50. The summed E-state index contributed by atoms with van der Waals surface area (Å²) in [4.78, 5) is 0. The maximum absolute atomic E-state index is 5.72. The first-order chi connectivity index (χ1) is 3.96. The fraction of sp³-hybridized carbons (Fsp3) is 1.00. The van der Waals surface area contributed by atoms with Gasteiger partial charge in [0.1, 0.15) is 0 Å². The molecular weight excluding hydrogens is 144 g/mol. The molecule has 0 saturated carbocycles. The zero-order valence-electron chi connectivity index (χ0n) is 6.62. The Kier molecular flexibility index (Phi) is 1.61. The summed E-state index contributed by atoms with van der Waals surface area (Å²) < 4.78 is 5.72. The molecule has 0 atom stereocenters. The fourth-order valence-corrected chi connectivity index (χ4v) is 5.87. The van der Waals surface area contributed by atoms with Crippen molar-refractivity contribution in [3.05, 3.63) is 0 Å². The quantitative estimate of drug-likeness (QED) is 0.490. The monoisotopic (exact) mass is 158 g/mol. The van der Waals surface area contributed by atoms with Crippen molar-refractivity contribution in [1.82, 2.24) is 0 Å². The van der Waals surface area contributed by atoms with Gasteiger partial charge in [0.05, 0.1) is 0 Å². The lowest BCUT2D eigenvalue weighted by Crippen LogP contribution is -2.35. The van der Waals surface area contributed by atoms with Crippen LogP contribution < -0.4 is 0 Å². The van der Waals surface area contributed by atoms with Crippen molar-refractivity contribution in [2.45, 2.75) is 38.0 Å². The number of hydrogen-bond acceptors (Lipinski definition) is 1. The van der Waals surface area contributed by atoms with Crippen LogP contribution in [0.3, 0.4) is 0 Å². The van der Waals surface area contributed by atoms with Gasteiger partial charge in [-0.1, -0.05) is 13.8 Å². The van der Waals surface area contributed by atoms with Gasteiger partial charge in [0.15, 0.2) is 8.32 Å². The van der Waals surface area contributed by atoms with E-state index in [0.717, 1.165) is 9.76 Å². The first-order valence-electron chi connectivity index (χ1n) is 3.37. The third kappa shape index (κ3) is 1.13. The molecule has 1 aliphatic heterocycles. The van der Waals surface area contributed by atoms with E-state index < -0.39 is 8.32 Å². The standard InChI is InChI=1S/C6H14OSi2/c1-6(2)5-8-7-9(6,3)4/h5H2,1-4H3. The zero-order valence-corrected chi connectivity index (χ0v) is 8.62. The molecule has 3 heteroatoms. The lowest BCUT2D eigenvalue weighted by molar-refractivity contribution is 0.579. The average Bonchev–Trinajstić information content (AvgIpc) is 1.81. The van der Waals surface area contributed by atoms with Crippen LogP contribution in [0.5, 0.6) is 0 Å². The predicted molar refractivity (Wildman–Crippen MR) is 43.2 cm³/mol. The molecule has 1 aliphatic rings. The Labute approximate surface area is 60.9 Å². The van der Waals surface area contributed by atoms with Crippen molar-refractivity contribution in [3.63, 3.8) is 0 Å². The Balaban J connectivity index is 2.75. The Morgan fingerprint density at radius 1 is 1.44 bits per heavy atom. The Morgan fingerprint density at radius 3 is 2.11 bits per heavy atom. The van der Waals surface area contributed by atoms with Gasteiger partial charge in [-0.05, 0) is 24.2 Å². The molecular formula is C6H14OSi2. The SMILES string of the molecule is CC1(C)C[Si]O[Si]1(C)C. The second kappa shape index (κ2) is 1.94. The molecule has 1 saturated heterocycles. The van der Waals surface area contributed by atoms with E-state index in [1.807, 2.05) is 0 Å². The third-order valence-corrected chi connectivity index (χ3v) is 9.91.